The Bertz CT molecular complexity index is 650. The predicted octanol–water partition coefficient (Wildman–Crippen LogP) is 3.14. The molecule has 124 valence electrons. The highest BCUT2D eigenvalue weighted by molar-refractivity contribution is 7.09. The number of likely N-dealkylation sites (tertiary alicyclic amines) is 1. The van der Waals surface area contributed by atoms with E-state index in [0.29, 0.717) is 6.42 Å². The van der Waals surface area contributed by atoms with E-state index in [1.54, 1.807) is 11.3 Å². The average molecular weight is 332 g/mol. The molecule has 1 aliphatic rings. The lowest BCUT2D eigenvalue weighted by molar-refractivity contribution is -0.133. The lowest BCUT2D eigenvalue weighted by atomic mass is 10.0. The quantitative estimate of drug-likeness (QED) is 0.845. The number of aryl methyl sites for hydroxylation is 3. The van der Waals surface area contributed by atoms with E-state index in [4.69, 9.17) is 0 Å². The first kappa shape index (κ1) is 16.2. The molecule has 1 atom stereocenters. The van der Waals surface area contributed by atoms with Crippen LogP contribution in [0.1, 0.15) is 48.3 Å². The second-order valence-electron chi connectivity index (χ2n) is 6.22. The highest BCUT2D eigenvalue weighted by atomic mass is 32.1. The van der Waals surface area contributed by atoms with Crippen LogP contribution >= 0.6 is 11.3 Å². The number of amides is 1. The number of carbonyl (C=O) groups is 1. The average Bonchev–Trinajstić information content (AvgIpc) is 3.17. The molecule has 5 nitrogen and oxygen atoms in total. The van der Waals surface area contributed by atoms with Crippen LogP contribution in [0.25, 0.3) is 0 Å². The molecule has 0 N–H and O–H groups in total. The SMILES string of the molecule is Cc1nc(C)n([C@@H]2CCCN(C(=O)CCCc3cccs3)C2)n1. The van der Waals surface area contributed by atoms with E-state index in [2.05, 4.69) is 27.6 Å². The summed E-state index contributed by atoms with van der Waals surface area (Å²) in [5, 5.41) is 6.58. The fraction of sp³-hybridized carbons (Fsp3) is 0.588. The molecule has 1 aliphatic heterocycles. The van der Waals surface area contributed by atoms with Gasteiger partial charge in [0.1, 0.15) is 11.6 Å². The number of nitrogens with zero attached hydrogens (tertiary/aromatic N) is 4. The van der Waals surface area contributed by atoms with Crippen molar-refractivity contribution < 1.29 is 4.79 Å². The molecule has 1 fully saturated rings. The second-order valence-corrected chi connectivity index (χ2v) is 7.25. The first-order valence-corrected chi connectivity index (χ1v) is 9.21. The van der Waals surface area contributed by atoms with E-state index in [-0.39, 0.29) is 11.9 Å². The molecule has 0 bridgehead atoms. The van der Waals surface area contributed by atoms with Gasteiger partial charge >= 0.3 is 0 Å². The number of piperidine rings is 1. The van der Waals surface area contributed by atoms with E-state index in [1.807, 2.05) is 23.4 Å². The van der Waals surface area contributed by atoms with Crippen LogP contribution in [0.2, 0.25) is 0 Å². The lowest BCUT2D eigenvalue weighted by Gasteiger charge is -2.33. The second kappa shape index (κ2) is 7.25. The van der Waals surface area contributed by atoms with Crippen LogP contribution in [0.4, 0.5) is 0 Å². The Balaban J connectivity index is 1.53. The molecule has 2 aromatic heterocycles. The summed E-state index contributed by atoms with van der Waals surface area (Å²) in [5.41, 5.74) is 0. The molecular formula is C17H24N4OS. The van der Waals surface area contributed by atoms with Gasteiger partial charge in [0.2, 0.25) is 5.91 Å². The van der Waals surface area contributed by atoms with E-state index in [1.165, 1.54) is 4.88 Å². The minimum absolute atomic E-state index is 0.270. The monoisotopic (exact) mass is 332 g/mol. The van der Waals surface area contributed by atoms with E-state index < -0.39 is 0 Å². The summed E-state index contributed by atoms with van der Waals surface area (Å²) in [7, 11) is 0. The number of carbonyl (C=O) groups excluding carboxylic acids is 1. The molecule has 0 aliphatic carbocycles. The van der Waals surface area contributed by atoms with Crippen molar-refractivity contribution in [2.75, 3.05) is 13.1 Å². The van der Waals surface area contributed by atoms with Crippen molar-refractivity contribution >= 4 is 17.2 Å². The molecule has 3 rings (SSSR count). The third-order valence-electron chi connectivity index (χ3n) is 4.40. The zero-order valence-corrected chi connectivity index (χ0v) is 14.7. The van der Waals surface area contributed by atoms with Gasteiger partial charge in [0.05, 0.1) is 6.04 Å². The first-order chi connectivity index (χ1) is 11.1. The van der Waals surface area contributed by atoms with Gasteiger partial charge in [-0.15, -0.1) is 11.3 Å². The van der Waals surface area contributed by atoms with Crippen molar-refractivity contribution in [2.24, 2.45) is 0 Å². The zero-order chi connectivity index (χ0) is 16.2. The minimum Gasteiger partial charge on any atom is -0.341 e. The van der Waals surface area contributed by atoms with Crippen LogP contribution in [-0.2, 0) is 11.2 Å². The van der Waals surface area contributed by atoms with Crippen molar-refractivity contribution in [3.63, 3.8) is 0 Å². The molecule has 0 unspecified atom stereocenters. The predicted molar refractivity (Wildman–Crippen MR) is 91.6 cm³/mol. The molecule has 6 heteroatoms. The number of aromatic nitrogens is 3. The summed E-state index contributed by atoms with van der Waals surface area (Å²) in [4.78, 5) is 20.2. The van der Waals surface area contributed by atoms with Gasteiger partial charge in [0, 0.05) is 24.4 Å². The number of hydrogen-bond donors (Lipinski definition) is 0. The zero-order valence-electron chi connectivity index (χ0n) is 13.9. The maximum Gasteiger partial charge on any atom is 0.222 e. The van der Waals surface area contributed by atoms with Gasteiger partial charge in [-0.1, -0.05) is 6.07 Å². The Morgan fingerprint density at radius 3 is 3.00 bits per heavy atom. The highest BCUT2D eigenvalue weighted by Crippen LogP contribution is 2.23. The van der Waals surface area contributed by atoms with E-state index in [0.717, 1.165) is 50.4 Å². The Hall–Kier alpha value is -1.69. The fourth-order valence-corrected chi connectivity index (χ4v) is 4.04. The maximum atomic E-state index is 12.5. The molecule has 2 aromatic rings. The molecular weight excluding hydrogens is 308 g/mol. The van der Waals surface area contributed by atoms with E-state index >= 15 is 0 Å². The first-order valence-electron chi connectivity index (χ1n) is 8.33. The third kappa shape index (κ3) is 3.99. The molecule has 0 saturated carbocycles. The Kier molecular flexibility index (Phi) is 5.10. The molecule has 3 heterocycles. The topological polar surface area (TPSA) is 51.0 Å². The van der Waals surface area contributed by atoms with Crippen molar-refractivity contribution in [2.45, 2.75) is 52.0 Å². The Morgan fingerprint density at radius 1 is 1.43 bits per heavy atom. The maximum absolute atomic E-state index is 12.5. The van der Waals surface area contributed by atoms with Crippen LogP contribution in [0.3, 0.4) is 0 Å². The molecule has 0 spiro atoms. The summed E-state index contributed by atoms with van der Waals surface area (Å²) in [6.45, 7) is 5.55. The summed E-state index contributed by atoms with van der Waals surface area (Å²) in [6.07, 6.45) is 4.69. The van der Waals surface area contributed by atoms with Crippen LogP contribution in [0.15, 0.2) is 17.5 Å². The van der Waals surface area contributed by atoms with Crippen LogP contribution in [-0.4, -0.2) is 38.7 Å². The van der Waals surface area contributed by atoms with Crippen LogP contribution in [0.5, 0.6) is 0 Å². The number of hydrogen-bond acceptors (Lipinski definition) is 4. The molecule has 0 radical (unpaired) electrons. The van der Waals surface area contributed by atoms with Gasteiger partial charge in [-0.25, -0.2) is 9.67 Å². The Morgan fingerprint density at radius 2 is 2.30 bits per heavy atom. The molecule has 23 heavy (non-hydrogen) atoms. The normalized spacial score (nSPS) is 18.3. The minimum atomic E-state index is 0.270. The smallest absolute Gasteiger partial charge is 0.222 e. The third-order valence-corrected chi connectivity index (χ3v) is 5.33. The summed E-state index contributed by atoms with van der Waals surface area (Å²) >= 11 is 1.77. The van der Waals surface area contributed by atoms with Crippen molar-refractivity contribution in [1.82, 2.24) is 19.7 Å². The fourth-order valence-electron chi connectivity index (χ4n) is 3.29. The van der Waals surface area contributed by atoms with Gasteiger partial charge in [0.15, 0.2) is 0 Å². The highest BCUT2D eigenvalue weighted by Gasteiger charge is 2.26. The lowest BCUT2D eigenvalue weighted by Crippen LogP contribution is -2.41. The number of rotatable bonds is 5. The molecule has 0 aromatic carbocycles. The summed E-state index contributed by atoms with van der Waals surface area (Å²) in [5.74, 6) is 2.03. The van der Waals surface area contributed by atoms with Gasteiger partial charge in [-0.2, -0.15) is 5.10 Å². The van der Waals surface area contributed by atoms with Crippen molar-refractivity contribution in [3.8, 4) is 0 Å². The van der Waals surface area contributed by atoms with Gasteiger partial charge < -0.3 is 4.90 Å². The standard InChI is InChI=1S/C17H24N4OS/c1-13-18-14(2)21(19-13)15-6-4-10-20(12-15)17(22)9-3-7-16-8-5-11-23-16/h5,8,11,15H,3-4,6-7,9-10,12H2,1-2H3/t15-/m1/s1. The molecule has 1 amide bonds. The van der Waals surface area contributed by atoms with Gasteiger partial charge in [0.25, 0.3) is 0 Å². The van der Waals surface area contributed by atoms with E-state index in [9.17, 15) is 4.79 Å². The number of thiophene rings is 1. The van der Waals surface area contributed by atoms with Crippen LogP contribution < -0.4 is 0 Å². The summed E-state index contributed by atoms with van der Waals surface area (Å²) in [6, 6.07) is 4.48. The Labute approximate surface area is 141 Å². The summed E-state index contributed by atoms with van der Waals surface area (Å²) < 4.78 is 2.00. The van der Waals surface area contributed by atoms with Crippen LogP contribution in [0, 0.1) is 13.8 Å². The van der Waals surface area contributed by atoms with Crippen molar-refractivity contribution in [3.05, 3.63) is 34.0 Å². The van der Waals surface area contributed by atoms with Crippen molar-refractivity contribution in [1.29, 1.82) is 0 Å². The largest absolute Gasteiger partial charge is 0.341 e. The van der Waals surface area contributed by atoms with Gasteiger partial charge in [-0.05, 0) is 51.0 Å². The van der Waals surface area contributed by atoms with Gasteiger partial charge in [-0.3, -0.25) is 4.79 Å². The molecule has 1 saturated heterocycles.